The zero-order valence-electron chi connectivity index (χ0n) is 19.5. The Kier molecular flexibility index (Phi) is 10.8. The third-order valence-corrected chi connectivity index (χ3v) is 4.88. The van der Waals surface area contributed by atoms with Gasteiger partial charge in [-0.3, -0.25) is 0 Å². The first kappa shape index (κ1) is 26.3. The molecule has 0 unspecified atom stereocenters. The summed E-state index contributed by atoms with van der Waals surface area (Å²) in [6.45, 7) is 4.04. The van der Waals surface area contributed by atoms with Gasteiger partial charge in [0.1, 0.15) is 5.75 Å². The van der Waals surface area contributed by atoms with Crippen LogP contribution in [0.25, 0.3) is 5.69 Å². The average molecular weight is 565 g/mol. The molecule has 3 aromatic rings. The van der Waals surface area contributed by atoms with Gasteiger partial charge < -0.3 is 24.8 Å². The van der Waals surface area contributed by atoms with Gasteiger partial charge in [0.25, 0.3) is 0 Å². The minimum Gasteiger partial charge on any atom is -0.497 e. The molecule has 0 atom stereocenters. The smallest absolute Gasteiger partial charge is 0.191 e. The summed E-state index contributed by atoms with van der Waals surface area (Å²) in [7, 11) is 4.94. The van der Waals surface area contributed by atoms with Crippen LogP contribution in [-0.4, -0.2) is 50.2 Å². The molecule has 0 bridgehead atoms. The first-order chi connectivity index (χ1) is 15.7. The molecule has 2 N–H and O–H groups in total. The van der Waals surface area contributed by atoms with Gasteiger partial charge in [-0.15, -0.1) is 24.0 Å². The number of hydrogen-bond acceptors (Lipinski definition) is 5. The lowest BCUT2D eigenvalue weighted by Crippen LogP contribution is -2.38. The van der Waals surface area contributed by atoms with E-state index in [4.69, 9.17) is 14.2 Å². The monoisotopic (exact) mass is 565 g/mol. The second-order valence-electron chi connectivity index (χ2n) is 7.01. The molecule has 0 amide bonds. The highest BCUT2D eigenvalue weighted by molar-refractivity contribution is 14.0. The molecule has 0 saturated heterocycles. The molecule has 2 aromatic carbocycles. The quantitative estimate of drug-likeness (QED) is 0.221. The summed E-state index contributed by atoms with van der Waals surface area (Å²) in [5.74, 6) is 3.04. The van der Waals surface area contributed by atoms with Crippen LogP contribution in [0.4, 0.5) is 0 Å². The minimum absolute atomic E-state index is 0. The molecule has 0 aliphatic heterocycles. The lowest BCUT2D eigenvalue weighted by Gasteiger charge is -2.12. The third-order valence-electron chi connectivity index (χ3n) is 4.88. The summed E-state index contributed by atoms with van der Waals surface area (Å²) in [4.78, 5) is 4.66. The van der Waals surface area contributed by atoms with Crippen molar-refractivity contribution in [1.29, 1.82) is 0 Å². The molecule has 1 heterocycles. The SMILES string of the molecule is CCNC(=NCc1ccn(-c2ccc(OC)cc2)n1)NCCc1ccc(OC)c(OC)c1.I. The van der Waals surface area contributed by atoms with E-state index in [0.717, 1.165) is 59.7 Å². The molecule has 0 radical (unpaired) electrons. The first-order valence-electron chi connectivity index (χ1n) is 10.6. The Balaban J connectivity index is 0.00000385. The van der Waals surface area contributed by atoms with Gasteiger partial charge in [-0.05, 0) is 61.4 Å². The summed E-state index contributed by atoms with van der Waals surface area (Å²) >= 11 is 0. The van der Waals surface area contributed by atoms with Gasteiger partial charge in [0.05, 0.1) is 39.3 Å². The first-order valence-corrected chi connectivity index (χ1v) is 10.6. The van der Waals surface area contributed by atoms with E-state index in [1.54, 1.807) is 21.3 Å². The van der Waals surface area contributed by atoms with E-state index in [1.165, 1.54) is 0 Å². The van der Waals surface area contributed by atoms with Crippen LogP contribution >= 0.6 is 24.0 Å². The maximum Gasteiger partial charge on any atom is 0.191 e. The summed E-state index contributed by atoms with van der Waals surface area (Å²) in [6.07, 6.45) is 2.76. The molecule has 3 rings (SSSR count). The fourth-order valence-corrected chi connectivity index (χ4v) is 3.19. The zero-order valence-corrected chi connectivity index (χ0v) is 21.8. The van der Waals surface area contributed by atoms with Gasteiger partial charge in [-0.1, -0.05) is 6.07 Å². The topological polar surface area (TPSA) is 81.9 Å². The van der Waals surface area contributed by atoms with Crippen molar-refractivity contribution >= 4 is 29.9 Å². The maximum absolute atomic E-state index is 5.38. The highest BCUT2D eigenvalue weighted by Crippen LogP contribution is 2.27. The van der Waals surface area contributed by atoms with Crippen LogP contribution in [-0.2, 0) is 13.0 Å². The molecular formula is C24H32IN5O3. The summed E-state index contributed by atoms with van der Waals surface area (Å²) < 4.78 is 17.7. The molecule has 8 nitrogen and oxygen atoms in total. The number of benzene rings is 2. The van der Waals surface area contributed by atoms with Crippen LogP contribution in [0.3, 0.4) is 0 Å². The fourth-order valence-electron chi connectivity index (χ4n) is 3.19. The van der Waals surface area contributed by atoms with E-state index >= 15 is 0 Å². The number of guanidine groups is 1. The number of ether oxygens (including phenoxy) is 3. The summed E-state index contributed by atoms with van der Waals surface area (Å²) in [5.41, 5.74) is 3.02. The van der Waals surface area contributed by atoms with Gasteiger partial charge in [-0.25, -0.2) is 9.67 Å². The normalized spacial score (nSPS) is 10.8. The Morgan fingerprint density at radius 2 is 1.70 bits per heavy atom. The zero-order chi connectivity index (χ0) is 22.8. The second-order valence-corrected chi connectivity index (χ2v) is 7.01. The van der Waals surface area contributed by atoms with Gasteiger partial charge in [0.2, 0.25) is 0 Å². The Labute approximate surface area is 212 Å². The molecule has 0 saturated carbocycles. The Morgan fingerprint density at radius 3 is 2.36 bits per heavy atom. The summed E-state index contributed by atoms with van der Waals surface area (Å²) in [5, 5.41) is 11.3. The number of nitrogens with one attached hydrogen (secondary N) is 2. The Bertz CT molecular complexity index is 1020. The fraction of sp³-hybridized carbons (Fsp3) is 0.333. The van der Waals surface area contributed by atoms with Crippen molar-refractivity contribution in [2.45, 2.75) is 19.9 Å². The van der Waals surface area contributed by atoms with Gasteiger partial charge in [0, 0.05) is 19.3 Å². The van der Waals surface area contributed by atoms with Crippen molar-refractivity contribution in [3.63, 3.8) is 0 Å². The van der Waals surface area contributed by atoms with Gasteiger partial charge in [0.15, 0.2) is 17.5 Å². The van der Waals surface area contributed by atoms with E-state index in [0.29, 0.717) is 6.54 Å². The van der Waals surface area contributed by atoms with Crippen LogP contribution in [0.1, 0.15) is 18.2 Å². The molecule has 0 fully saturated rings. The van der Waals surface area contributed by atoms with Crippen LogP contribution in [0.5, 0.6) is 17.2 Å². The molecule has 0 aliphatic rings. The Hall–Kier alpha value is -2.95. The predicted octanol–water partition coefficient (Wildman–Crippen LogP) is 3.81. The van der Waals surface area contributed by atoms with Gasteiger partial charge >= 0.3 is 0 Å². The van der Waals surface area contributed by atoms with Crippen molar-refractivity contribution in [3.05, 3.63) is 66.0 Å². The highest BCUT2D eigenvalue weighted by Gasteiger charge is 2.06. The molecule has 1 aromatic heterocycles. The van der Waals surface area contributed by atoms with E-state index < -0.39 is 0 Å². The highest BCUT2D eigenvalue weighted by atomic mass is 127. The largest absolute Gasteiger partial charge is 0.497 e. The molecular weight excluding hydrogens is 533 g/mol. The molecule has 33 heavy (non-hydrogen) atoms. The Morgan fingerprint density at radius 1 is 0.939 bits per heavy atom. The lowest BCUT2D eigenvalue weighted by molar-refractivity contribution is 0.354. The number of aliphatic imine (C=N–C) groups is 1. The van der Waals surface area contributed by atoms with Crippen LogP contribution in [0.15, 0.2) is 59.7 Å². The van der Waals surface area contributed by atoms with Crippen LogP contribution < -0.4 is 24.8 Å². The molecule has 0 aliphatic carbocycles. The van der Waals surface area contributed by atoms with E-state index in [9.17, 15) is 0 Å². The van der Waals surface area contributed by atoms with E-state index in [2.05, 4.69) is 20.7 Å². The number of methoxy groups -OCH3 is 3. The van der Waals surface area contributed by atoms with E-state index in [-0.39, 0.29) is 24.0 Å². The number of aromatic nitrogens is 2. The van der Waals surface area contributed by atoms with Crippen LogP contribution in [0, 0.1) is 0 Å². The van der Waals surface area contributed by atoms with Crippen molar-refractivity contribution in [2.75, 3.05) is 34.4 Å². The van der Waals surface area contributed by atoms with Crippen molar-refractivity contribution in [3.8, 4) is 22.9 Å². The number of hydrogen-bond donors (Lipinski definition) is 2. The van der Waals surface area contributed by atoms with Crippen molar-refractivity contribution in [1.82, 2.24) is 20.4 Å². The number of nitrogens with zero attached hydrogens (tertiary/aromatic N) is 3. The second kappa shape index (κ2) is 13.6. The lowest BCUT2D eigenvalue weighted by atomic mass is 10.1. The number of rotatable bonds is 10. The van der Waals surface area contributed by atoms with Crippen LogP contribution in [0.2, 0.25) is 0 Å². The average Bonchev–Trinajstić information content (AvgIpc) is 3.31. The van der Waals surface area contributed by atoms with Gasteiger partial charge in [-0.2, -0.15) is 5.10 Å². The third kappa shape index (κ3) is 7.55. The maximum atomic E-state index is 5.38. The van der Waals surface area contributed by atoms with Crippen molar-refractivity contribution < 1.29 is 14.2 Å². The predicted molar refractivity (Wildman–Crippen MR) is 142 cm³/mol. The standard InChI is InChI=1S/C24H31N5O3.HI/c1-5-25-24(26-14-12-18-6-11-22(31-3)23(16-18)32-4)27-17-19-13-15-29(28-19)20-7-9-21(30-2)10-8-20;/h6-11,13,15-16H,5,12,14,17H2,1-4H3,(H2,25,26,27);1H. The van der Waals surface area contributed by atoms with Crippen molar-refractivity contribution in [2.24, 2.45) is 4.99 Å². The minimum atomic E-state index is 0. The number of halogens is 1. The van der Waals surface area contributed by atoms with E-state index in [1.807, 2.05) is 66.3 Å². The molecule has 9 heteroatoms. The summed E-state index contributed by atoms with van der Waals surface area (Å²) in [6, 6.07) is 15.7. The molecule has 0 spiro atoms. The molecule has 178 valence electrons.